The van der Waals surface area contributed by atoms with Crippen molar-refractivity contribution < 1.29 is 0 Å². The Labute approximate surface area is 110 Å². The van der Waals surface area contributed by atoms with Crippen LogP contribution in [0.2, 0.25) is 0 Å². The maximum atomic E-state index is 4.61. The molecule has 102 valence electrons. The largest absolute Gasteiger partial charge is 0.372 e. The lowest BCUT2D eigenvalue weighted by Gasteiger charge is -2.40. The van der Waals surface area contributed by atoms with Gasteiger partial charge in [0, 0.05) is 12.1 Å². The summed E-state index contributed by atoms with van der Waals surface area (Å²) in [4.78, 5) is 7.34. The molecule has 3 rings (SSSR count). The molecule has 0 bridgehead atoms. The maximum Gasteiger partial charge on any atom is 0.0831 e. The van der Waals surface area contributed by atoms with E-state index in [1.54, 1.807) is 0 Å². The van der Waals surface area contributed by atoms with Crippen LogP contribution in [0.25, 0.3) is 0 Å². The third-order valence-corrected chi connectivity index (χ3v) is 4.98. The number of hydrogen-bond acceptors (Lipinski definition) is 4. The van der Waals surface area contributed by atoms with Crippen molar-refractivity contribution in [3.8, 4) is 0 Å². The van der Waals surface area contributed by atoms with Crippen LogP contribution in [0, 0.1) is 5.92 Å². The van der Waals surface area contributed by atoms with E-state index in [9.17, 15) is 0 Å². The quantitative estimate of drug-likeness (QED) is 0.763. The summed E-state index contributed by atoms with van der Waals surface area (Å²) >= 11 is 0. The highest BCUT2D eigenvalue weighted by Gasteiger charge is 2.33. The predicted molar refractivity (Wildman–Crippen MR) is 75.1 cm³/mol. The molecule has 3 heterocycles. The van der Waals surface area contributed by atoms with Gasteiger partial charge < -0.3 is 15.5 Å². The van der Waals surface area contributed by atoms with Gasteiger partial charge in [-0.1, -0.05) is 0 Å². The molecule has 2 N–H and O–H groups in total. The van der Waals surface area contributed by atoms with E-state index in [1.165, 1.54) is 51.9 Å². The van der Waals surface area contributed by atoms with E-state index in [-0.39, 0.29) is 0 Å². The van der Waals surface area contributed by atoms with Crippen LogP contribution < -0.4 is 10.6 Å². The van der Waals surface area contributed by atoms with Gasteiger partial charge in [0.25, 0.3) is 0 Å². The molecule has 18 heavy (non-hydrogen) atoms. The Morgan fingerprint density at radius 1 is 1.11 bits per heavy atom. The van der Waals surface area contributed by atoms with Gasteiger partial charge in [0.05, 0.1) is 12.4 Å². The zero-order chi connectivity index (χ0) is 12.4. The van der Waals surface area contributed by atoms with Gasteiger partial charge in [-0.25, -0.2) is 0 Å². The molecule has 3 aliphatic rings. The minimum Gasteiger partial charge on any atom is -0.372 e. The summed E-state index contributed by atoms with van der Waals surface area (Å²) in [5.41, 5.74) is 0. The Kier molecular flexibility index (Phi) is 3.85. The fourth-order valence-electron chi connectivity index (χ4n) is 3.80. The minimum absolute atomic E-state index is 0.528. The number of piperidine rings is 2. The fourth-order valence-corrected chi connectivity index (χ4v) is 3.80. The number of rotatable bonds is 2. The lowest BCUT2D eigenvalue weighted by molar-refractivity contribution is 0.101. The lowest BCUT2D eigenvalue weighted by Crippen LogP contribution is -2.48. The summed E-state index contributed by atoms with van der Waals surface area (Å²) in [5.74, 6) is 0.796. The Balaban J connectivity index is 1.50. The Bertz CT molecular complexity index is 290. The Morgan fingerprint density at radius 3 is 2.44 bits per heavy atom. The zero-order valence-electron chi connectivity index (χ0n) is 11.4. The summed E-state index contributed by atoms with van der Waals surface area (Å²) in [6.07, 6.45) is 7.25. The van der Waals surface area contributed by atoms with Crippen LogP contribution in [0.15, 0.2) is 4.99 Å². The van der Waals surface area contributed by atoms with Crippen LogP contribution in [0.4, 0.5) is 0 Å². The van der Waals surface area contributed by atoms with Crippen LogP contribution in [0.1, 0.15) is 32.6 Å². The van der Waals surface area contributed by atoms with Crippen LogP contribution in [0.3, 0.4) is 0 Å². The predicted octanol–water partition coefficient (Wildman–Crippen LogP) is 0.839. The normalized spacial score (nSPS) is 35.8. The van der Waals surface area contributed by atoms with E-state index in [0.29, 0.717) is 12.1 Å². The summed E-state index contributed by atoms with van der Waals surface area (Å²) in [6.45, 7) is 7.25. The van der Waals surface area contributed by atoms with Gasteiger partial charge in [-0.3, -0.25) is 4.99 Å². The standard InChI is InChI=1S/C14H26N4/c1-11-14(17-10-16-11)12-4-8-18(9-5-12)13-2-6-15-7-3-13/h10-15H,2-9H2,1H3,(H,16,17). The van der Waals surface area contributed by atoms with E-state index in [0.717, 1.165) is 12.0 Å². The number of aliphatic imine (C=N–C) groups is 1. The molecule has 0 aromatic carbocycles. The van der Waals surface area contributed by atoms with E-state index in [1.807, 2.05) is 6.34 Å². The van der Waals surface area contributed by atoms with Crippen molar-refractivity contribution in [2.24, 2.45) is 10.9 Å². The second kappa shape index (κ2) is 5.57. The zero-order valence-corrected chi connectivity index (χ0v) is 11.4. The van der Waals surface area contributed by atoms with Crippen molar-refractivity contribution in [3.05, 3.63) is 0 Å². The molecule has 0 aromatic rings. The smallest absolute Gasteiger partial charge is 0.0831 e. The molecule has 2 fully saturated rings. The number of likely N-dealkylation sites (tertiary alicyclic amines) is 1. The lowest BCUT2D eigenvalue weighted by atomic mass is 9.85. The Morgan fingerprint density at radius 2 is 1.83 bits per heavy atom. The summed E-state index contributed by atoms with van der Waals surface area (Å²) < 4.78 is 0. The van der Waals surface area contributed by atoms with E-state index in [4.69, 9.17) is 0 Å². The van der Waals surface area contributed by atoms with Crippen molar-refractivity contribution in [1.82, 2.24) is 15.5 Å². The van der Waals surface area contributed by atoms with E-state index >= 15 is 0 Å². The molecule has 2 atom stereocenters. The highest BCUT2D eigenvalue weighted by Crippen LogP contribution is 2.28. The summed E-state index contributed by atoms with van der Waals surface area (Å²) in [5, 5.41) is 6.79. The number of nitrogens with zero attached hydrogens (tertiary/aromatic N) is 2. The second-order valence-corrected chi connectivity index (χ2v) is 6.08. The van der Waals surface area contributed by atoms with E-state index in [2.05, 4.69) is 27.4 Å². The number of hydrogen-bond donors (Lipinski definition) is 2. The molecule has 3 aliphatic heterocycles. The molecule has 2 unspecified atom stereocenters. The summed E-state index contributed by atoms with van der Waals surface area (Å²) in [6, 6.07) is 1.91. The average Bonchev–Trinajstić information content (AvgIpc) is 2.86. The molecule has 0 aliphatic carbocycles. The monoisotopic (exact) mass is 250 g/mol. The second-order valence-electron chi connectivity index (χ2n) is 6.08. The van der Waals surface area contributed by atoms with Gasteiger partial charge >= 0.3 is 0 Å². The van der Waals surface area contributed by atoms with Crippen molar-refractivity contribution in [3.63, 3.8) is 0 Å². The van der Waals surface area contributed by atoms with Crippen molar-refractivity contribution in [2.75, 3.05) is 26.2 Å². The van der Waals surface area contributed by atoms with Gasteiger partial charge in [0.2, 0.25) is 0 Å². The van der Waals surface area contributed by atoms with Crippen LogP contribution >= 0.6 is 0 Å². The SMILES string of the molecule is CC1NC=NC1C1CCN(C2CCNCC2)CC1. The third-order valence-electron chi connectivity index (χ3n) is 4.98. The average molecular weight is 250 g/mol. The molecular weight excluding hydrogens is 224 g/mol. The van der Waals surface area contributed by atoms with Gasteiger partial charge in [-0.15, -0.1) is 0 Å². The Hall–Kier alpha value is -0.610. The summed E-state index contributed by atoms with van der Waals surface area (Å²) in [7, 11) is 0. The van der Waals surface area contributed by atoms with E-state index < -0.39 is 0 Å². The molecule has 4 heteroatoms. The fraction of sp³-hybridized carbons (Fsp3) is 0.929. The molecule has 0 amide bonds. The molecule has 2 saturated heterocycles. The molecule has 0 spiro atoms. The maximum absolute atomic E-state index is 4.61. The number of nitrogens with one attached hydrogen (secondary N) is 2. The third kappa shape index (κ3) is 2.54. The van der Waals surface area contributed by atoms with Crippen LogP contribution in [-0.4, -0.2) is 55.5 Å². The van der Waals surface area contributed by atoms with Crippen molar-refractivity contribution in [1.29, 1.82) is 0 Å². The first-order valence-electron chi connectivity index (χ1n) is 7.57. The minimum atomic E-state index is 0.528. The molecule has 0 aromatic heterocycles. The first kappa shape index (κ1) is 12.4. The first-order valence-corrected chi connectivity index (χ1v) is 7.57. The highest BCUT2D eigenvalue weighted by molar-refractivity contribution is 5.58. The molecule has 0 radical (unpaired) electrons. The molecular formula is C14H26N4. The van der Waals surface area contributed by atoms with Gasteiger partial charge in [0.15, 0.2) is 0 Å². The first-order chi connectivity index (χ1) is 8.84. The van der Waals surface area contributed by atoms with Crippen molar-refractivity contribution in [2.45, 2.75) is 50.7 Å². The van der Waals surface area contributed by atoms with Crippen LogP contribution in [0.5, 0.6) is 0 Å². The van der Waals surface area contributed by atoms with Gasteiger partial charge in [0.1, 0.15) is 0 Å². The highest BCUT2D eigenvalue weighted by atomic mass is 15.2. The van der Waals surface area contributed by atoms with Crippen molar-refractivity contribution >= 4 is 6.34 Å². The van der Waals surface area contributed by atoms with Crippen LogP contribution in [-0.2, 0) is 0 Å². The van der Waals surface area contributed by atoms with Gasteiger partial charge in [-0.05, 0) is 64.7 Å². The molecule has 4 nitrogen and oxygen atoms in total. The topological polar surface area (TPSA) is 39.7 Å². The molecule has 0 saturated carbocycles. The van der Waals surface area contributed by atoms with Gasteiger partial charge in [-0.2, -0.15) is 0 Å².